The van der Waals surface area contributed by atoms with Gasteiger partial charge in [0.15, 0.2) is 6.29 Å². The fourth-order valence-corrected chi connectivity index (χ4v) is 3.03. The summed E-state index contributed by atoms with van der Waals surface area (Å²) in [7, 11) is 1.27. The van der Waals surface area contributed by atoms with Gasteiger partial charge in [0, 0.05) is 7.11 Å². The average Bonchev–Trinajstić information content (AvgIpc) is 2.57. The molecule has 2 saturated heterocycles. The van der Waals surface area contributed by atoms with E-state index < -0.39 is 74.4 Å². The zero-order chi connectivity index (χ0) is 18.0. The second-order valence-electron chi connectivity index (χ2n) is 6.05. The van der Waals surface area contributed by atoms with Crippen molar-refractivity contribution in [2.24, 2.45) is 0 Å². The van der Waals surface area contributed by atoms with Crippen LogP contribution in [0, 0.1) is 0 Å². The summed E-state index contributed by atoms with van der Waals surface area (Å²) in [5.41, 5.74) is 0. The molecule has 4 unspecified atom stereocenters. The van der Waals surface area contributed by atoms with Crippen LogP contribution in [0.3, 0.4) is 0 Å². The highest BCUT2D eigenvalue weighted by Crippen LogP contribution is 2.29. The molecule has 0 saturated carbocycles. The van der Waals surface area contributed by atoms with Crippen molar-refractivity contribution in [3.63, 3.8) is 0 Å². The zero-order valence-corrected chi connectivity index (χ0v) is 13.5. The van der Waals surface area contributed by atoms with Gasteiger partial charge >= 0.3 is 0 Å². The molecule has 2 aliphatic rings. The molecule has 2 rings (SSSR count). The van der Waals surface area contributed by atoms with Gasteiger partial charge in [-0.15, -0.1) is 0 Å². The van der Waals surface area contributed by atoms with E-state index in [0.717, 1.165) is 0 Å². The first-order chi connectivity index (χ1) is 11.3. The summed E-state index contributed by atoms with van der Waals surface area (Å²) < 4.78 is 21.1. The lowest BCUT2D eigenvalue weighted by Gasteiger charge is -2.46. The second-order valence-corrected chi connectivity index (χ2v) is 6.05. The number of hydrogen-bond acceptors (Lipinski definition) is 10. The van der Waals surface area contributed by atoms with Crippen LogP contribution in [0.25, 0.3) is 0 Å². The Labute approximate surface area is 139 Å². The third kappa shape index (κ3) is 3.73. The van der Waals surface area contributed by atoms with Crippen molar-refractivity contribution in [3.05, 3.63) is 0 Å². The van der Waals surface area contributed by atoms with Crippen molar-refractivity contribution in [2.45, 2.75) is 68.1 Å². The van der Waals surface area contributed by atoms with Gasteiger partial charge in [0.1, 0.15) is 48.8 Å². The Morgan fingerprint density at radius 3 is 1.88 bits per heavy atom. The van der Waals surface area contributed by atoms with Crippen LogP contribution in [0.1, 0.15) is 6.92 Å². The highest BCUT2D eigenvalue weighted by Gasteiger charge is 2.50. The van der Waals surface area contributed by atoms with Crippen molar-refractivity contribution in [3.8, 4) is 0 Å². The Balaban J connectivity index is 2.14. The summed E-state index contributed by atoms with van der Waals surface area (Å²) in [6.45, 7) is 0.527. The van der Waals surface area contributed by atoms with Crippen LogP contribution in [-0.2, 0) is 18.9 Å². The van der Waals surface area contributed by atoms with Crippen LogP contribution in [0.2, 0.25) is 0 Å². The first kappa shape index (κ1) is 19.9. The van der Waals surface area contributed by atoms with E-state index in [2.05, 4.69) is 0 Å². The molecule has 0 aromatic rings. The maximum absolute atomic E-state index is 10.2. The first-order valence-corrected chi connectivity index (χ1v) is 7.78. The van der Waals surface area contributed by atoms with Gasteiger partial charge in [-0.25, -0.2) is 0 Å². The minimum atomic E-state index is -1.42. The molecule has 10 heteroatoms. The Hall–Kier alpha value is -0.400. The molecule has 0 bridgehead atoms. The van der Waals surface area contributed by atoms with E-state index in [9.17, 15) is 30.6 Å². The molecule has 2 heterocycles. The molecule has 6 N–H and O–H groups in total. The first-order valence-electron chi connectivity index (χ1n) is 7.78. The Kier molecular flexibility index (Phi) is 6.90. The molecule has 0 amide bonds. The summed E-state index contributed by atoms with van der Waals surface area (Å²) in [6, 6.07) is 0. The van der Waals surface area contributed by atoms with Gasteiger partial charge in [0.25, 0.3) is 0 Å². The zero-order valence-electron chi connectivity index (χ0n) is 13.5. The van der Waals surface area contributed by atoms with Crippen LogP contribution in [-0.4, -0.2) is 112 Å². The van der Waals surface area contributed by atoms with Gasteiger partial charge in [-0.3, -0.25) is 0 Å². The predicted molar refractivity (Wildman–Crippen MR) is 76.9 cm³/mol. The van der Waals surface area contributed by atoms with E-state index in [0.29, 0.717) is 0 Å². The van der Waals surface area contributed by atoms with Gasteiger partial charge in [-0.05, 0) is 6.92 Å². The fourth-order valence-electron chi connectivity index (χ4n) is 3.03. The van der Waals surface area contributed by atoms with Crippen LogP contribution >= 0.6 is 0 Å². The molecular weight excluding hydrogens is 328 g/mol. The summed E-state index contributed by atoms with van der Waals surface area (Å²) in [5.74, 6) is 0. The van der Waals surface area contributed by atoms with Crippen molar-refractivity contribution < 1.29 is 49.6 Å². The maximum Gasteiger partial charge on any atom is 0.187 e. The third-order valence-electron chi connectivity index (χ3n) is 4.49. The van der Waals surface area contributed by atoms with Gasteiger partial charge in [-0.2, -0.15) is 0 Å². The van der Waals surface area contributed by atoms with Crippen LogP contribution in [0.15, 0.2) is 0 Å². The molecule has 2 aliphatic heterocycles. The van der Waals surface area contributed by atoms with Gasteiger partial charge in [0.05, 0.1) is 19.3 Å². The monoisotopic (exact) mass is 354 g/mol. The van der Waals surface area contributed by atoms with Gasteiger partial charge in [0.2, 0.25) is 0 Å². The highest BCUT2D eigenvalue weighted by molar-refractivity contribution is 4.95. The van der Waals surface area contributed by atoms with E-state index in [1.807, 2.05) is 0 Å². The summed E-state index contributed by atoms with van der Waals surface area (Å²) in [5, 5.41) is 59.1. The molecule has 0 aromatic heterocycles. The molecule has 0 spiro atoms. The molecule has 0 aromatic carbocycles. The normalized spacial score (nSPS) is 50.0. The Morgan fingerprint density at radius 2 is 1.33 bits per heavy atom. The predicted octanol–water partition coefficient (Wildman–Crippen LogP) is -3.67. The molecule has 10 atom stereocenters. The maximum atomic E-state index is 10.2. The molecule has 0 radical (unpaired) electrons. The SMILES string of the molecule is CO[C@@H]1C(O)C(CO)O[C@H](O[C@@H]2C(O)C(CO)O[C@H](C)[C@H]2O)[C@H]1O. The fraction of sp³-hybridized carbons (Fsp3) is 1.00. The minimum Gasteiger partial charge on any atom is -0.394 e. The van der Waals surface area contributed by atoms with E-state index in [-0.39, 0.29) is 0 Å². The van der Waals surface area contributed by atoms with Crippen molar-refractivity contribution in [2.75, 3.05) is 20.3 Å². The summed E-state index contributed by atoms with van der Waals surface area (Å²) in [4.78, 5) is 0. The summed E-state index contributed by atoms with van der Waals surface area (Å²) >= 11 is 0. The standard InChI is InChI=1S/C14H26O10/c1-5-8(17)13(10(19)6(3-15)22-5)24-14-11(20)12(21-2)9(18)7(4-16)23-14/h5-20H,3-4H2,1-2H3/t5-,6?,7?,8-,9?,10?,11+,12-,13+,14-/m1/s1. The minimum absolute atomic E-state index is 0.481. The molecule has 24 heavy (non-hydrogen) atoms. The van der Waals surface area contributed by atoms with E-state index >= 15 is 0 Å². The largest absolute Gasteiger partial charge is 0.394 e. The number of ether oxygens (including phenoxy) is 4. The van der Waals surface area contributed by atoms with Crippen LogP contribution in [0.5, 0.6) is 0 Å². The van der Waals surface area contributed by atoms with Crippen molar-refractivity contribution >= 4 is 0 Å². The van der Waals surface area contributed by atoms with E-state index in [4.69, 9.17) is 18.9 Å². The number of rotatable bonds is 5. The molecule has 10 nitrogen and oxygen atoms in total. The van der Waals surface area contributed by atoms with Gasteiger partial charge in [-0.1, -0.05) is 0 Å². The van der Waals surface area contributed by atoms with Crippen LogP contribution in [0.4, 0.5) is 0 Å². The lowest BCUT2D eigenvalue weighted by Crippen LogP contribution is -2.64. The number of methoxy groups -OCH3 is 1. The Morgan fingerprint density at radius 1 is 0.792 bits per heavy atom. The van der Waals surface area contributed by atoms with Crippen LogP contribution < -0.4 is 0 Å². The van der Waals surface area contributed by atoms with Gasteiger partial charge < -0.3 is 49.6 Å². The topological polar surface area (TPSA) is 158 Å². The molecular formula is C14H26O10. The lowest BCUT2D eigenvalue weighted by molar-refractivity contribution is -0.342. The van der Waals surface area contributed by atoms with E-state index in [1.54, 1.807) is 6.92 Å². The number of aliphatic hydroxyl groups is 6. The quantitative estimate of drug-likeness (QED) is 0.290. The Bertz CT molecular complexity index is 396. The van der Waals surface area contributed by atoms with E-state index in [1.165, 1.54) is 7.11 Å². The lowest BCUT2D eigenvalue weighted by atomic mass is 9.95. The second kappa shape index (κ2) is 8.32. The number of aliphatic hydroxyl groups excluding tert-OH is 6. The molecule has 0 aliphatic carbocycles. The summed E-state index contributed by atoms with van der Waals surface area (Å²) in [6.07, 6.45) is -11.7. The van der Waals surface area contributed by atoms with Crippen molar-refractivity contribution in [1.29, 1.82) is 0 Å². The highest BCUT2D eigenvalue weighted by atomic mass is 16.7. The number of hydrogen-bond donors (Lipinski definition) is 6. The van der Waals surface area contributed by atoms with Crippen molar-refractivity contribution in [1.82, 2.24) is 0 Å². The molecule has 2 fully saturated rings. The third-order valence-corrected chi connectivity index (χ3v) is 4.49. The average molecular weight is 354 g/mol. The molecule has 142 valence electrons. The smallest absolute Gasteiger partial charge is 0.187 e.